The summed E-state index contributed by atoms with van der Waals surface area (Å²) in [6.07, 6.45) is 0. The van der Waals surface area contributed by atoms with E-state index in [0.29, 0.717) is 17.1 Å². The predicted octanol–water partition coefficient (Wildman–Crippen LogP) is 7.12. The van der Waals surface area contributed by atoms with Crippen molar-refractivity contribution in [1.82, 2.24) is 5.09 Å². The Balaban J connectivity index is 2.11. The van der Waals surface area contributed by atoms with Crippen molar-refractivity contribution < 1.29 is 27.2 Å². The van der Waals surface area contributed by atoms with Crippen molar-refractivity contribution in [1.29, 1.82) is 0 Å². The second-order valence-electron chi connectivity index (χ2n) is 7.12. The van der Waals surface area contributed by atoms with Gasteiger partial charge < -0.3 is 9.05 Å². The fourth-order valence-electron chi connectivity index (χ4n) is 3.06. The summed E-state index contributed by atoms with van der Waals surface area (Å²) in [6.45, 7) is 5.62. The van der Waals surface area contributed by atoms with Gasteiger partial charge in [-0.15, -0.1) is 0 Å². The largest absolute Gasteiger partial charge is 0.452 e. The molecule has 1 atom stereocenters. The highest BCUT2D eigenvalue weighted by Crippen LogP contribution is 2.62. The second kappa shape index (κ2) is 11.6. The van der Waals surface area contributed by atoms with E-state index in [2.05, 4.69) is 5.09 Å². The van der Waals surface area contributed by atoms with Crippen molar-refractivity contribution >= 4 is 15.3 Å². The number of aryl methyl sites for hydroxylation is 1. The molecule has 176 valence electrons. The van der Waals surface area contributed by atoms with E-state index in [0.717, 1.165) is 5.56 Å². The Labute approximate surface area is 195 Å². The number of rotatable bonds is 12. The van der Waals surface area contributed by atoms with Crippen molar-refractivity contribution in [3.8, 4) is 11.5 Å². The summed E-state index contributed by atoms with van der Waals surface area (Å²) in [5, 5.41) is 2.85. The number of benzene rings is 3. The zero-order chi connectivity index (χ0) is 23.7. The molecule has 0 saturated carbocycles. The fourth-order valence-corrected chi connectivity index (χ4v) is 7.02. The maximum Gasteiger partial charge on any atom is 0.452 e. The zero-order valence-electron chi connectivity index (χ0n) is 18.9. The van der Waals surface area contributed by atoms with Gasteiger partial charge in [-0.2, -0.15) is 0 Å². The minimum Gasteiger partial charge on any atom is -0.415 e. The van der Waals surface area contributed by atoms with Crippen LogP contribution in [0.3, 0.4) is 0 Å². The third-order valence-electron chi connectivity index (χ3n) is 4.54. The molecule has 1 unspecified atom stereocenters. The van der Waals surface area contributed by atoms with E-state index in [1.807, 2.05) is 31.2 Å². The Morgan fingerprint density at radius 1 is 0.727 bits per heavy atom. The van der Waals surface area contributed by atoms with Gasteiger partial charge in [-0.05, 0) is 50.6 Å². The second-order valence-corrected chi connectivity index (χ2v) is 10.9. The summed E-state index contributed by atoms with van der Waals surface area (Å²) in [5.41, 5.74) is 1.56. The molecule has 0 fully saturated rings. The van der Waals surface area contributed by atoms with Crippen LogP contribution in [-0.2, 0) is 18.2 Å². The van der Waals surface area contributed by atoms with Crippen LogP contribution in [-0.4, -0.2) is 13.2 Å². The highest BCUT2D eigenvalue weighted by Gasteiger charge is 2.45. The van der Waals surface area contributed by atoms with Gasteiger partial charge in [-0.1, -0.05) is 66.2 Å². The first-order chi connectivity index (χ1) is 15.9. The summed E-state index contributed by atoms with van der Waals surface area (Å²) < 4.78 is 50.8. The Bertz CT molecular complexity index is 1040. The van der Waals surface area contributed by atoms with Crippen molar-refractivity contribution in [2.24, 2.45) is 0 Å². The molecule has 0 saturated heterocycles. The van der Waals surface area contributed by atoms with Crippen molar-refractivity contribution in [3.05, 3.63) is 96.1 Å². The highest BCUT2D eigenvalue weighted by atomic mass is 31.2. The van der Waals surface area contributed by atoms with Crippen LogP contribution in [0.25, 0.3) is 0 Å². The van der Waals surface area contributed by atoms with Gasteiger partial charge in [-0.3, -0.25) is 9.05 Å². The first-order valence-electron chi connectivity index (χ1n) is 10.7. The maximum absolute atomic E-state index is 14.5. The molecule has 0 aromatic heterocycles. The Hall–Kier alpha value is -2.40. The van der Waals surface area contributed by atoms with Crippen LogP contribution in [0, 0.1) is 6.92 Å². The van der Waals surface area contributed by atoms with E-state index in [4.69, 9.17) is 18.1 Å². The normalized spacial score (nSPS) is 12.8. The maximum atomic E-state index is 14.5. The van der Waals surface area contributed by atoms with E-state index >= 15 is 0 Å². The number of hydrogen-bond acceptors (Lipinski definition) is 6. The summed E-state index contributed by atoms with van der Waals surface area (Å²) in [7, 11) is -7.94. The van der Waals surface area contributed by atoms with Gasteiger partial charge in [0.2, 0.25) is 0 Å². The van der Waals surface area contributed by atoms with Crippen molar-refractivity contribution in [3.63, 3.8) is 0 Å². The molecule has 0 heterocycles. The molecule has 33 heavy (non-hydrogen) atoms. The number of nitrogens with one attached hydrogen (secondary N) is 1. The first-order valence-corrected chi connectivity index (χ1v) is 13.9. The Kier molecular flexibility index (Phi) is 8.90. The molecule has 0 aliphatic carbocycles. The van der Waals surface area contributed by atoms with Crippen molar-refractivity contribution in [2.75, 3.05) is 13.2 Å². The zero-order valence-corrected chi connectivity index (χ0v) is 20.7. The van der Waals surface area contributed by atoms with E-state index < -0.39 is 21.1 Å². The molecule has 9 heteroatoms. The lowest BCUT2D eigenvalue weighted by molar-refractivity contribution is 0.208. The first kappa shape index (κ1) is 25.2. The smallest absolute Gasteiger partial charge is 0.415 e. The highest BCUT2D eigenvalue weighted by molar-refractivity contribution is 7.57. The Morgan fingerprint density at radius 3 is 1.61 bits per heavy atom. The van der Waals surface area contributed by atoms with E-state index in [1.54, 1.807) is 74.5 Å². The van der Waals surface area contributed by atoms with Crippen LogP contribution in [0.4, 0.5) is 0 Å². The lowest BCUT2D eigenvalue weighted by Crippen LogP contribution is -2.25. The summed E-state index contributed by atoms with van der Waals surface area (Å²) >= 11 is 0. The van der Waals surface area contributed by atoms with Gasteiger partial charge in [0.1, 0.15) is 11.5 Å². The van der Waals surface area contributed by atoms with Crippen LogP contribution >= 0.6 is 15.3 Å². The van der Waals surface area contributed by atoms with Gasteiger partial charge in [0.05, 0.1) is 13.2 Å². The SMILES string of the molecule is CCOP(=O)(NC(c1ccc(C)cc1)P(=O)(Oc1ccccc1)Oc1ccccc1)OCC. The van der Waals surface area contributed by atoms with Gasteiger partial charge in [0, 0.05) is 0 Å². The van der Waals surface area contributed by atoms with Crippen LogP contribution < -0.4 is 14.1 Å². The quantitative estimate of drug-likeness (QED) is 0.271. The molecule has 0 amide bonds. The van der Waals surface area contributed by atoms with Crippen LogP contribution in [0.2, 0.25) is 0 Å². The van der Waals surface area contributed by atoms with E-state index in [-0.39, 0.29) is 13.2 Å². The number of para-hydroxylation sites is 2. The summed E-state index contributed by atoms with van der Waals surface area (Å²) in [4.78, 5) is 0. The van der Waals surface area contributed by atoms with Gasteiger partial charge in [-0.25, -0.2) is 14.2 Å². The molecule has 7 nitrogen and oxygen atoms in total. The summed E-state index contributed by atoms with van der Waals surface area (Å²) in [6, 6.07) is 24.7. The standard InChI is InChI=1S/C24H29NO6P2/c1-4-28-33(27,29-5-2)25-24(21-18-16-20(3)17-19-21)32(26,30-22-12-8-6-9-13-22)31-23-14-10-7-11-15-23/h6-19,24H,4-5H2,1-3H3,(H,25,27). The molecule has 0 radical (unpaired) electrons. The lowest BCUT2D eigenvalue weighted by atomic mass is 10.1. The summed E-state index contributed by atoms with van der Waals surface area (Å²) in [5.74, 6) is -0.459. The van der Waals surface area contributed by atoms with Crippen LogP contribution in [0.15, 0.2) is 84.9 Å². The molecule has 3 rings (SSSR count). The van der Waals surface area contributed by atoms with Crippen LogP contribution in [0.5, 0.6) is 11.5 Å². The molecular formula is C24H29NO6P2. The molecule has 3 aromatic carbocycles. The predicted molar refractivity (Wildman–Crippen MR) is 130 cm³/mol. The van der Waals surface area contributed by atoms with E-state index in [9.17, 15) is 9.13 Å². The molecule has 0 bridgehead atoms. The third-order valence-corrected chi connectivity index (χ3v) is 8.50. The molecule has 0 aliphatic rings. The Morgan fingerprint density at radius 2 is 1.18 bits per heavy atom. The minimum atomic E-state index is -4.10. The fraction of sp³-hybridized carbons (Fsp3) is 0.250. The molecule has 1 N–H and O–H groups in total. The molecule has 3 aromatic rings. The molecule has 0 spiro atoms. The van der Waals surface area contributed by atoms with E-state index in [1.165, 1.54) is 0 Å². The molecule has 0 aliphatic heterocycles. The minimum absolute atomic E-state index is 0.133. The van der Waals surface area contributed by atoms with Crippen molar-refractivity contribution in [2.45, 2.75) is 26.6 Å². The molecular weight excluding hydrogens is 460 g/mol. The van der Waals surface area contributed by atoms with Gasteiger partial charge >= 0.3 is 15.3 Å². The monoisotopic (exact) mass is 489 g/mol. The van der Waals surface area contributed by atoms with Crippen LogP contribution in [0.1, 0.15) is 30.8 Å². The lowest BCUT2D eigenvalue weighted by Gasteiger charge is -2.30. The average molecular weight is 489 g/mol. The average Bonchev–Trinajstić information content (AvgIpc) is 2.80. The van der Waals surface area contributed by atoms with Gasteiger partial charge in [0.15, 0.2) is 5.78 Å². The third kappa shape index (κ3) is 7.04. The topological polar surface area (TPSA) is 83.1 Å². The number of hydrogen-bond donors (Lipinski definition) is 1. The van der Waals surface area contributed by atoms with Gasteiger partial charge in [0.25, 0.3) is 0 Å².